The van der Waals surface area contributed by atoms with Crippen molar-refractivity contribution in [1.29, 1.82) is 0 Å². The predicted octanol–water partition coefficient (Wildman–Crippen LogP) is 2.07. The molecule has 1 N–H and O–H groups in total. The van der Waals surface area contributed by atoms with Crippen LogP contribution in [-0.4, -0.2) is 37.8 Å². The topological polar surface area (TPSA) is 37.4 Å². The van der Waals surface area contributed by atoms with Crippen LogP contribution in [0.1, 0.15) is 18.9 Å². The van der Waals surface area contributed by atoms with E-state index in [4.69, 9.17) is 16.3 Å². The molecule has 2 rings (SSSR count). The Kier molecular flexibility index (Phi) is 5.23. The Hall–Kier alpha value is -0.840. The molecule has 0 atom stereocenters. The van der Waals surface area contributed by atoms with Gasteiger partial charge in [0.25, 0.3) is 0 Å². The second-order valence-electron chi connectivity index (χ2n) is 4.43. The molecule has 0 radical (unpaired) electrons. The predicted molar refractivity (Wildman–Crippen MR) is 74.3 cm³/mol. The van der Waals surface area contributed by atoms with E-state index in [1.807, 2.05) is 12.3 Å². The molecule has 2 heterocycles. The molecule has 18 heavy (non-hydrogen) atoms. The normalized spacial score (nSPS) is 16.0. The molecular formula is C13H20ClN3O. The van der Waals surface area contributed by atoms with Crippen molar-refractivity contribution in [1.82, 2.24) is 10.3 Å². The maximum atomic E-state index is 6.30. The van der Waals surface area contributed by atoms with Crippen LogP contribution in [0.25, 0.3) is 0 Å². The van der Waals surface area contributed by atoms with E-state index in [1.54, 1.807) is 0 Å². The Morgan fingerprint density at radius 2 is 2.22 bits per heavy atom. The first-order chi connectivity index (χ1) is 8.81. The molecule has 0 saturated carbocycles. The van der Waals surface area contributed by atoms with Gasteiger partial charge in [-0.25, -0.2) is 4.98 Å². The van der Waals surface area contributed by atoms with Gasteiger partial charge in [-0.05, 0) is 24.6 Å². The standard InChI is InChI=1S/C13H20ClN3O/c1-2-3-15-9-11-8-12(14)13(16-10-11)17-4-6-18-7-5-17/h8,10,15H,2-7,9H2,1H3. The highest BCUT2D eigenvalue weighted by Crippen LogP contribution is 2.24. The molecule has 1 saturated heterocycles. The first-order valence-electron chi connectivity index (χ1n) is 6.49. The first kappa shape index (κ1) is 13.6. The molecule has 0 aromatic carbocycles. The summed E-state index contributed by atoms with van der Waals surface area (Å²) in [5.41, 5.74) is 1.13. The van der Waals surface area contributed by atoms with Gasteiger partial charge in [-0.15, -0.1) is 0 Å². The molecular weight excluding hydrogens is 250 g/mol. The number of rotatable bonds is 5. The van der Waals surface area contributed by atoms with Gasteiger partial charge in [-0.1, -0.05) is 18.5 Å². The van der Waals surface area contributed by atoms with Gasteiger partial charge >= 0.3 is 0 Å². The third kappa shape index (κ3) is 3.57. The fourth-order valence-corrected chi connectivity index (χ4v) is 2.29. The Morgan fingerprint density at radius 3 is 2.89 bits per heavy atom. The largest absolute Gasteiger partial charge is 0.378 e. The average molecular weight is 270 g/mol. The minimum absolute atomic E-state index is 0.729. The van der Waals surface area contributed by atoms with Gasteiger partial charge in [-0.2, -0.15) is 0 Å². The number of hydrogen-bond donors (Lipinski definition) is 1. The van der Waals surface area contributed by atoms with E-state index >= 15 is 0 Å². The lowest BCUT2D eigenvalue weighted by Crippen LogP contribution is -2.37. The minimum atomic E-state index is 0.729. The summed E-state index contributed by atoms with van der Waals surface area (Å²) in [4.78, 5) is 6.65. The number of nitrogens with zero attached hydrogens (tertiary/aromatic N) is 2. The highest BCUT2D eigenvalue weighted by atomic mass is 35.5. The molecule has 0 bridgehead atoms. The Balaban J connectivity index is 2.00. The number of nitrogens with one attached hydrogen (secondary N) is 1. The maximum absolute atomic E-state index is 6.30. The van der Waals surface area contributed by atoms with Gasteiger partial charge < -0.3 is 15.0 Å². The molecule has 1 aliphatic heterocycles. The third-order valence-corrected chi connectivity index (χ3v) is 3.22. The van der Waals surface area contributed by atoms with Crippen LogP contribution in [0.15, 0.2) is 12.3 Å². The fourth-order valence-electron chi connectivity index (χ4n) is 1.98. The van der Waals surface area contributed by atoms with E-state index in [-0.39, 0.29) is 0 Å². The number of halogens is 1. The van der Waals surface area contributed by atoms with Crippen molar-refractivity contribution < 1.29 is 4.74 Å². The van der Waals surface area contributed by atoms with Gasteiger partial charge in [0.1, 0.15) is 5.82 Å². The lowest BCUT2D eigenvalue weighted by Gasteiger charge is -2.28. The summed E-state index contributed by atoms with van der Waals surface area (Å²) < 4.78 is 5.33. The number of anilines is 1. The third-order valence-electron chi connectivity index (χ3n) is 2.94. The second-order valence-corrected chi connectivity index (χ2v) is 4.83. The van der Waals surface area contributed by atoms with Gasteiger partial charge in [0.2, 0.25) is 0 Å². The van der Waals surface area contributed by atoms with Crippen LogP contribution in [0.2, 0.25) is 5.02 Å². The summed E-state index contributed by atoms with van der Waals surface area (Å²) in [6, 6.07) is 2.00. The summed E-state index contributed by atoms with van der Waals surface area (Å²) in [5, 5.41) is 4.07. The molecule has 1 fully saturated rings. The maximum Gasteiger partial charge on any atom is 0.147 e. The van der Waals surface area contributed by atoms with Crippen LogP contribution in [0.3, 0.4) is 0 Å². The van der Waals surface area contributed by atoms with Crippen molar-refractivity contribution in [3.05, 3.63) is 22.8 Å². The van der Waals surface area contributed by atoms with E-state index in [0.717, 1.165) is 62.2 Å². The number of ether oxygens (including phenoxy) is 1. The highest BCUT2D eigenvalue weighted by molar-refractivity contribution is 6.33. The highest BCUT2D eigenvalue weighted by Gasteiger charge is 2.15. The zero-order chi connectivity index (χ0) is 12.8. The summed E-state index contributed by atoms with van der Waals surface area (Å²) in [5.74, 6) is 0.874. The molecule has 0 unspecified atom stereocenters. The van der Waals surface area contributed by atoms with Gasteiger partial charge in [0.05, 0.1) is 18.2 Å². The number of pyridine rings is 1. The van der Waals surface area contributed by atoms with Crippen LogP contribution >= 0.6 is 11.6 Å². The Morgan fingerprint density at radius 1 is 1.44 bits per heavy atom. The SMILES string of the molecule is CCCNCc1cnc(N2CCOCC2)c(Cl)c1. The molecule has 0 amide bonds. The number of hydrogen-bond acceptors (Lipinski definition) is 4. The van der Waals surface area contributed by atoms with Crippen molar-refractivity contribution in [2.24, 2.45) is 0 Å². The molecule has 5 heteroatoms. The average Bonchev–Trinajstić information content (AvgIpc) is 2.40. The summed E-state index contributed by atoms with van der Waals surface area (Å²) in [6.45, 7) is 7.21. The summed E-state index contributed by atoms with van der Waals surface area (Å²) >= 11 is 6.30. The molecule has 4 nitrogen and oxygen atoms in total. The van der Waals surface area contributed by atoms with Crippen LogP contribution in [0.5, 0.6) is 0 Å². The monoisotopic (exact) mass is 269 g/mol. The smallest absolute Gasteiger partial charge is 0.147 e. The molecule has 1 aromatic heterocycles. The summed E-state index contributed by atoms with van der Waals surface area (Å²) in [7, 11) is 0. The molecule has 100 valence electrons. The molecule has 0 spiro atoms. The van der Waals surface area contributed by atoms with Crippen LogP contribution in [0.4, 0.5) is 5.82 Å². The Labute approximate surface area is 113 Å². The first-order valence-corrected chi connectivity index (χ1v) is 6.87. The van der Waals surface area contributed by atoms with Crippen LogP contribution < -0.4 is 10.2 Å². The minimum Gasteiger partial charge on any atom is -0.378 e. The lowest BCUT2D eigenvalue weighted by molar-refractivity contribution is 0.122. The van der Waals surface area contributed by atoms with Gasteiger partial charge in [-0.3, -0.25) is 0 Å². The zero-order valence-corrected chi connectivity index (χ0v) is 11.5. The van der Waals surface area contributed by atoms with Crippen LogP contribution in [0, 0.1) is 0 Å². The van der Waals surface area contributed by atoms with Crippen molar-refractivity contribution in [2.75, 3.05) is 37.7 Å². The van der Waals surface area contributed by atoms with Crippen molar-refractivity contribution in [3.8, 4) is 0 Å². The zero-order valence-electron chi connectivity index (χ0n) is 10.8. The van der Waals surface area contributed by atoms with Crippen molar-refractivity contribution in [2.45, 2.75) is 19.9 Å². The summed E-state index contributed by atoms with van der Waals surface area (Å²) in [6.07, 6.45) is 3.03. The molecule has 1 aliphatic rings. The van der Waals surface area contributed by atoms with E-state index < -0.39 is 0 Å². The lowest BCUT2D eigenvalue weighted by atomic mass is 10.2. The molecule has 0 aliphatic carbocycles. The van der Waals surface area contributed by atoms with Gasteiger partial charge in [0, 0.05) is 25.8 Å². The quantitative estimate of drug-likeness (QED) is 0.831. The van der Waals surface area contributed by atoms with E-state index in [1.165, 1.54) is 0 Å². The van der Waals surface area contributed by atoms with E-state index in [2.05, 4.69) is 22.1 Å². The molecule has 1 aromatic rings. The van der Waals surface area contributed by atoms with Gasteiger partial charge in [0.15, 0.2) is 0 Å². The van der Waals surface area contributed by atoms with E-state index in [0.29, 0.717) is 0 Å². The second kappa shape index (κ2) is 6.92. The number of aromatic nitrogens is 1. The Bertz CT molecular complexity index is 380. The fraction of sp³-hybridized carbons (Fsp3) is 0.615. The van der Waals surface area contributed by atoms with E-state index in [9.17, 15) is 0 Å². The number of morpholine rings is 1. The van der Waals surface area contributed by atoms with Crippen LogP contribution in [-0.2, 0) is 11.3 Å². The van der Waals surface area contributed by atoms with Crippen molar-refractivity contribution >= 4 is 17.4 Å². The van der Waals surface area contributed by atoms with Crippen molar-refractivity contribution in [3.63, 3.8) is 0 Å².